The smallest absolute Gasteiger partial charge is 0.378 e. The van der Waals surface area contributed by atoms with Crippen LogP contribution >= 0.6 is 0 Å². The molecule has 90 valence electrons. The third kappa shape index (κ3) is 2.20. The molecule has 2 aromatic heterocycles. The van der Waals surface area contributed by atoms with E-state index in [-0.39, 0.29) is 5.82 Å². The van der Waals surface area contributed by atoms with Crippen LogP contribution in [0, 0.1) is 6.92 Å². The second kappa shape index (κ2) is 4.40. The van der Waals surface area contributed by atoms with Crippen LogP contribution in [0.3, 0.4) is 0 Å². The maximum atomic E-state index is 11.5. The normalized spacial score (nSPS) is 10.5. The van der Waals surface area contributed by atoms with E-state index in [0.717, 1.165) is 11.3 Å². The van der Waals surface area contributed by atoms with Crippen molar-refractivity contribution in [3.8, 4) is 11.4 Å². The van der Waals surface area contributed by atoms with E-state index in [9.17, 15) is 4.79 Å². The number of carbonyl (C=O) groups is 1. The molecule has 0 radical (unpaired) electrons. The van der Waals surface area contributed by atoms with Crippen molar-refractivity contribution in [3.63, 3.8) is 0 Å². The Balaban J connectivity index is 2.34. The zero-order chi connectivity index (χ0) is 12.4. The minimum absolute atomic E-state index is 0.0585. The van der Waals surface area contributed by atoms with Gasteiger partial charge in [0.25, 0.3) is 5.82 Å². The van der Waals surface area contributed by atoms with Crippen LogP contribution in [0.25, 0.3) is 11.4 Å². The highest BCUT2D eigenvalue weighted by molar-refractivity contribution is 5.85. The summed E-state index contributed by atoms with van der Waals surface area (Å²) in [5, 5.41) is 4.00. The maximum Gasteiger partial charge on any atom is 0.378 e. The number of nitrogens with zero attached hydrogens (tertiary/aromatic N) is 3. The molecular formula is C11H13N3O3. The van der Waals surface area contributed by atoms with Gasteiger partial charge in [0.15, 0.2) is 5.82 Å². The number of aromatic nitrogens is 3. The van der Waals surface area contributed by atoms with Gasteiger partial charge < -0.3 is 9.15 Å². The van der Waals surface area contributed by atoms with Crippen LogP contribution in [0.15, 0.2) is 16.7 Å². The van der Waals surface area contributed by atoms with Gasteiger partial charge in [-0.1, -0.05) is 0 Å². The molecule has 0 saturated carbocycles. The third-order valence-corrected chi connectivity index (χ3v) is 2.21. The predicted octanol–water partition coefficient (Wildman–Crippen LogP) is 1.56. The molecule has 0 bridgehead atoms. The monoisotopic (exact) mass is 235 g/mol. The quantitative estimate of drug-likeness (QED) is 0.755. The Morgan fingerprint density at radius 1 is 1.59 bits per heavy atom. The maximum absolute atomic E-state index is 11.5. The molecule has 0 aliphatic rings. The lowest BCUT2D eigenvalue weighted by Crippen LogP contribution is -2.07. The minimum Gasteiger partial charge on any atom is -0.469 e. The Labute approximate surface area is 98.2 Å². The summed E-state index contributed by atoms with van der Waals surface area (Å²) in [5.74, 6) is 0.892. The Hall–Kier alpha value is -2.11. The number of aryl methyl sites for hydroxylation is 2. The SMILES string of the molecule is CCOC(=O)c1nc(-c2coc(C)c2)n(C)n1. The lowest BCUT2D eigenvalue weighted by Gasteiger charge is -1.94. The molecule has 0 spiro atoms. The van der Waals surface area contributed by atoms with E-state index < -0.39 is 5.97 Å². The van der Waals surface area contributed by atoms with E-state index in [1.807, 2.05) is 13.0 Å². The number of hydrogen-bond acceptors (Lipinski definition) is 5. The second-order valence-corrected chi connectivity index (χ2v) is 3.55. The fourth-order valence-electron chi connectivity index (χ4n) is 1.48. The number of hydrogen-bond donors (Lipinski definition) is 0. The first kappa shape index (κ1) is 11.4. The first-order chi connectivity index (χ1) is 8.11. The lowest BCUT2D eigenvalue weighted by molar-refractivity contribution is 0.0512. The summed E-state index contributed by atoms with van der Waals surface area (Å²) in [6, 6.07) is 1.83. The van der Waals surface area contributed by atoms with Crippen LogP contribution in [0.5, 0.6) is 0 Å². The topological polar surface area (TPSA) is 70.2 Å². The average Bonchev–Trinajstić information content (AvgIpc) is 2.85. The molecule has 2 heterocycles. The summed E-state index contributed by atoms with van der Waals surface area (Å²) in [6.07, 6.45) is 1.58. The highest BCUT2D eigenvalue weighted by atomic mass is 16.5. The molecule has 2 rings (SSSR count). The summed E-state index contributed by atoms with van der Waals surface area (Å²) < 4.78 is 11.6. The van der Waals surface area contributed by atoms with E-state index in [4.69, 9.17) is 9.15 Å². The molecular weight excluding hydrogens is 222 g/mol. The van der Waals surface area contributed by atoms with Crippen molar-refractivity contribution in [2.75, 3.05) is 6.61 Å². The summed E-state index contributed by atoms with van der Waals surface area (Å²) in [6.45, 7) is 3.88. The van der Waals surface area contributed by atoms with Gasteiger partial charge in [-0.15, -0.1) is 5.10 Å². The van der Waals surface area contributed by atoms with E-state index in [1.54, 1.807) is 20.2 Å². The number of esters is 1. The summed E-state index contributed by atoms with van der Waals surface area (Å²) in [7, 11) is 1.72. The standard InChI is InChI=1S/C11H13N3O3/c1-4-16-11(15)9-12-10(14(3)13-9)8-5-7(2)17-6-8/h5-6H,4H2,1-3H3. The van der Waals surface area contributed by atoms with Crippen molar-refractivity contribution in [1.29, 1.82) is 0 Å². The molecule has 6 nitrogen and oxygen atoms in total. The minimum atomic E-state index is -0.519. The van der Waals surface area contributed by atoms with Crippen molar-refractivity contribution in [2.24, 2.45) is 7.05 Å². The van der Waals surface area contributed by atoms with Crippen molar-refractivity contribution in [2.45, 2.75) is 13.8 Å². The molecule has 0 aromatic carbocycles. The largest absolute Gasteiger partial charge is 0.469 e. The highest BCUT2D eigenvalue weighted by Gasteiger charge is 2.17. The predicted molar refractivity (Wildman–Crippen MR) is 59.4 cm³/mol. The zero-order valence-corrected chi connectivity index (χ0v) is 9.93. The fourth-order valence-corrected chi connectivity index (χ4v) is 1.48. The van der Waals surface area contributed by atoms with Crippen LogP contribution in [0.4, 0.5) is 0 Å². The second-order valence-electron chi connectivity index (χ2n) is 3.55. The van der Waals surface area contributed by atoms with Crippen LogP contribution < -0.4 is 0 Å². The summed E-state index contributed by atoms with van der Waals surface area (Å²) in [4.78, 5) is 15.6. The first-order valence-electron chi connectivity index (χ1n) is 5.25. The average molecular weight is 235 g/mol. The Morgan fingerprint density at radius 3 is 2.94 bits per heavy atom. The Bertz CT molecular complexity index is 542. The van der Waals surface area contributed by atoms with E-state index >= 15 is 0 Å². The molecule has 0 amide bonds. The van der Waals surface area contributed by atoms with Gasteiger partial charge >= 0.3 is 5.97 Å². The van der Waals surface area contributed by atoms with Crippen LogP contribution in [0.1, 0.15) is 23.3 Å². The van der Waals surface area contributed by atoms with Gasteiger partial charge in [-0.3, -0.25) is 0 Å². The first-order valence-corrected chi connectivity index (χ1v) is 5.25. The Morgan fingerprint density at radius 2 is 2.35 bits per heavy atom. The molecule has 0 aliphatic heterocycles. The molecule has 0 aliphatic carbocycles. The summed E-state index contributed by atoms with van der Waals surface area (Å²) in [5.41, 5.74) is 0.785. The van der Waals surface area contributed by atoms with Gasteiger partial charge in [-0.25, -0.2) is 14.5 Å². The Kier molecular flexibility index (Phi) is 2.95. The number of carbonyl (C=O) groups excluding carboxylic acids is 1. The van der Waals surface area contributed by atoms with Gasteiger partial charge in [0.1, 0.15) is 12.0 Å². The fraction of sp³-hybridized carbons (Fsp3) is 0.364. The molecule has 0 N–H and O–H groups in total. The highest BCUT2D eigenvalue weighted by Crippen LogP contribution is 2.19. The van der Waals surface area contributed by atoms with Crippen molar-refractivity contribution >= 4 is 5.97 Å². The van der Waals surface area contributed by atoms with Gasteiger partial charge in [0, 0.05) is 7.05 Å². The lowest BCUT2D eigenvalue weighted by atomic mass is 10.3. The number of furan rings is 1. The van der Waals surface area contributed by atoms with E-state index in [0.29, 0.717) is 12.4 Å². The van der Waals surface area contributed by atoms with Gasteiger partial charge in [0.2, 0.25) is 0 Å². The molecule has 0 unspecified atom stereocenters. The van der Waals surface area contributed by atoms with Crippen molar-refractivity contribution < 1.29 is 13.9 Å². The number of rotatable bonds is 3. The molecule has 17 heavy (non-hydrogen) atoms. The summed E-state index contributed by atoms with van der Waals surface area (Å²) >= 11 is 0. The van der Waals surface area contributed by atoms with Gasteiger partial charge in [0.05, 0.1) is 12.2 Å². The van der Waals surface area contributed by atoms with Gasteiger partial charge in [-0.05, 0) is 19.9 Å². The van der Waals surface area contributed by atoms with Crippen LogP contribution in [-0.4, -0.2) is 27.3 Å². The number of ether oxygens (including phenoxy) is 1. The molecule has 0 saturated heterocycles. The molecule has 0 fully saturated rings. The molecule has 2 aromatic rings. The molecule has 6 heteroatoms. The van der Waals surface area contributed by atoms with Crippen molar-refractivity contribution in [3.05, 3.63) is 23.9 Å². The molecule has 0 atom stereocenters. The van der Waals surface area contributed by atoms with E-state index in [1.165, 1.54) is 4.68 Å². The van der Waals surface area contributed by atoms with Gasteiger partial charge in [-0.2, -0.15) is 0 Å². The zero-order valence-electron chi connectivity index (χ0n) is 9.93. The third-order valence-electron chi connectivity index (χ3n) is 2.21. The van der Waals surface area contributed by atoms with E-state index in [2.05, 4.69) is 10.1 Å². The van der Waals surface area contributed by atoms with Crippen LogP contribution in [-0.2, 0) is 11.8 Å². The van der Waals surface area contributed by atoms with Crippen molar-refractivity contribution in [1.82, 2.24) is 14.8 Å². The van der Waals surface area contributed by atoms with Crippen LogP contribution in [0.2, 0.25) is 0 Å².